The largest absolute Gasteiger partial charge is 0.573 e. The van der Waals surface area contributed by atoms with Gasteiger partial charge in [0.05, 0.1) is 24.5 Å². The van der Waals surface area contributed by atoms with Gasteiger partial charge < -0.3 is 25.2 Å². The zero-order chi connectivity index (χ0) is 25.2. The molecule has 1 amide bonds. The van der Waals surface area contributed by atoms with Crippen LogP contribution >= 0.6 is 0 Å². The molecule has 3 aromatic rings. The maximum absolute atomic E-state index is 13.9. The fourth-order valence-corrected chi connectivity index (χ4v) is 3.76. The third-order valence-corrected chi connectivity index (χ3v) is 5.43. The molecule has 8 nitrogen and oxygen atoms in total. The van der Waals surface area contributed by atoms with Gasteiger partial charge in [0.2, 0.25) is 0 Å². The van der Waals surface area contributed by atoms with E-state index in [2.05, 4.69) is 20.0 Å². The molecule has 0 saturated carbocycles. The van der Waals surface area contributed by atoms with Crippen molar-refractivity contribution in [1.82, 2.24) is 9.97 Å². The number of nitrogens with one attached hydrogen (secondary N) is 1. The first kappa shape index (κ1) is 24.4. The highest BCUT2D eigenvalue weighted by atomic mass is 19.4. The van der Waals surface area contributed by atoms with E-state index in [1.54, 1.807) is 4.90 Å². The quantitative estimate of drug-likeness (QED) is 0.454. The van der Waals surface area contributed by atoms with Gasteiger partial charge in [-0.25, -0.2) is 9.37 Å². The topological polar surface area (TPSA) is 108 Å². The van der Waals surface area contributed by atoms with Crippen LogP contribution in [0.2, 0.25) is 0 Å². The van der Waals surface area contributed by atoms with Crippen molar-refractivity contribution >= 4 is 17.4 Å². The number of aromatic nitrogens is 2. The molecule has 12 heteroatoms. The first-order valence-electron chi connectivity index (χ1n) is 10.4. The van der Waals surface area contributed by atoms with Gasteiger partial charge in [-0.05, 0) is 36.4 Å². The van der Waals surface area contributed by atoms with Crippen LogP contribution in [0.3, 0.4) is 0 Å². The molecule has 3 N–H and O–H groups in total. The van der Waals surface area contributed by atoms with Crippen LogP contribution in [0.15, 0.2) is 55.0 Å². The number of amides is 1. The number of rotatable bonds is 6. The molecular weight excluding hydrogens is 472 g/mol. The number of benzene rings is 1. The van der Waals surface area contributed by atoms with Crippen LogP contribution in [0.1, 0.15) is 10.4 Å². The summed E-state index contributed by atoms with van der Waals surface area (Å²) in [5, 5.41) is 22.2. The number of pyridine rings is 2. The van der Waals surface area contributed by atoms with Crippen LogP contribution in [-0.2, 0) is 0 Å². The van der Waals surface area contributed by atoms with E-state index in [9.17, 15) is 32.6 Å². The second-order valence-electron chi connectivity index (χ2n) is 7.93. The minimum absolute atomic E-state index is 0.0992. The molecule has 0 spiro atoms. The van der Waals surface area contributed by atoms with Crippen LogP contribution in [0.25, 0.3) is 11.1 Å². The molecule has 1 fully saturated rings. The molecule has 0 bridgehead atoms. The van der Waals surface area contributed by atoms with E-state index < -0.39 is 29.9 Å². The van der Waals surface area contributed by atoms with Crippen molar-refractivity contribution < 1.29 is 37.3 Å². The van der Waals surface area contributed by atoms with Crippen LogP contribution in [0, 0.1) is 11.7 Å². The van der Waals surface area contributed by atoms with Crippen molar-refractivity contribution in [3.63, 3.8) is 0 Å². The molecule has 1 saturated heterocycles. The fraction of sp³-hybridized carbons (Fsp3) is 0.261. The van der Waals surface area contributed by atoms with Crippen LogP contribution in [0.5, 0.6) is 5.75 Å². The van der Waals surface area contributed by atoms with E-state index in [0.717, 1.165) is 18.3 Å². The van der Waals surface area contributed by atoms with Gasteiger partial charge in [0, 0.05) is 48.2 Å². The summed E-state index contributed by atoms with van der Waals surface area (Å²) in [6, 6.07) is 7.32. The van der Waals surface area contributed by atoms with Gasteiger partial charge >= 0.3 is 6.36 Å². The standard InChI is InChI=1S/C23H20F4N4O4/c24-16-5-13(7-28-9-16)19-6-14(8-29-21(19)31-10-15(12-32)20(33)11-31)22(34)30-17-1-3-18(4-2-17)35-23(25,26)27/h1-9,15,20,32-33H,10-12H2,(H,30,34). The van der Waals surface area contributed by atoms with E-state index in [1.165, 1.54) is 36.7 Å². The molecule has 35 heavy (non-hydrogen) atoms. The average Bonchev–Trinajstić information content (AvgIpc) is 3.19. The zero-order valence-corrected chi connectivity index (χ0v) is 18.0. The summed E-state index contributed by atoms with van der Waals surface area (Å²) in [4.78, 5) is 22.8. The normalized spacial score (nSPS) is 17.9. The molecule has 0 radical (unpaired) electrons. The summed E-state index contributed by atoms with van der Waals surface area (Å²) in [5.41, 5.74) is 1.04. The molecule has 1 aromatic carbocycles. The van der Waals surface area contributed by atoms with E-state index >= 15 is 0 Å². The number of ether oxygens (including phenoxy) is 1. The lowest BCUT2D eigenvalue weighted by molar-refractivity contribution is -0.274. The number of nitrogens with zero attached hydrogens (tertiary/aromatic N) is 3. The Labute approximate surface area is 196 Å². The lowest BCUT2D eigenvalue weighted by Crippen LogP contribution is -2.23. The van der Waals surface area contributed by atoms with Gasteiger partial charge in [0.1, 0.15) is 17.4 Å². The number of anilines is 2. The molecule has 1 aliphatic rings. The van der Waals surface area contributed by atoms with Crippen molar-refractivity contribution in [3.8, 4) is 16.9 Å². The Morgan fingerprint density at radius 3 is 2.51 bits per heavy atom. The monoisotopic (exact) mass is 492 g/mol. The Hall–Kier alpha value is -3.77. The molecule has 2 unspecified atom stereocenters. The second-order valence-corrected chi connectivity index (χ2v) is 7.93. The number of aliphatic hydroxyl groups is 2. The number of halogens is 4. The number of carbonyl (C=O) groups excluding carboxylic acids is 1. The Bertz CT molecular complexity index is 1210. The van der Waals surface area contributed by atoms with Crippen molar-refractivity contribution in [1.29, 1.82) is 0 Å². The molecular formula is C23H20F4N4O4. The Morgan fingerprint density at radius 1 is 1.14 bits per heavy atom. The van der Waals surface area contributed by atoms with Gasteiger partial charge in [-0.2, -0.15) is 0 Å². The molecule has 1 aliphatic heterocycles. The maximum atomic E-state index is 13.9. The Balaban J connectivity index is 1.61. The van der Waals surface area contributed by atoms with E-state index in [4.69, 9.17) is 0 Å². The minimum Gasteiger partial charge on any atom is -0.406 e. The predicted molar refractivity (Wildman–Crippen MR) is 117 cm³/mol. The third-order valence-electron chi connectivity index (χ3n) is 5.43. The van der Waals surface area contributed by atoms with Gasteiger partial charge in [-0.3, -0.25) is 9.78 Å². The van der Waals surface area contributed by atoms with Crippen molar-refractivity contribution in [2.24, 2.45) is 5.92 Å². The molecule has 4 rings (SSSR count). The molecule has 2 aromatic heterocycles. The smallest absolute Gasteiger partial charge is 0.406 e. The van der Waals surface area contributed by atoms with Crippen LogP contribution in [-0.4, -0.2) is 58.3 Å². The minimum atomic E-state index is -4.83. The van der Waals surface area contributed by atoms with Crippen molar-refractivity contribution in [2.45, 2.75) is 12.5 Å². The summed E-state index contributed by atoms with van der Waals surface area (Å²) in [6.07, 6.45) is -1.89. The summed E-state index contributed by atoms with van der Waals surface area (Å²) < 4.78 is 54.7. The average molecular weight is 492 g/mol. The van der Waals surface area contributed by atoms with Crippen LogP contribution in [0.4, 0.5) is 29.1 Å². The highest BCUT2D eigenvalue weighted by Gasteiger charge is 2.33. The highest BCUT2D eigenvalue weighted by molar-refractivity contribution is 6.05. The van der Waals surface area contributed by atoms with Crippen molar-refractivity contribution in [3.05, 3.63) is 66.4 Å². The SMILES string of the molecule is O=C(Nc1ccc(OC(F)(F)F)cc1)c1cnc(N2CC(O)C(CO)C2)c(-c2cncc(F)c2)c1. The summed E-state index contributed by atoms with van der Waals surface area (Å²) in [7, 11) is 0. The number of hydrogen-bond donors (Lipinski definition) is 3. The van der Waals surface area contributed by atoms with Gasteiger partial charge in [-0.1, -0.05) is 0 Å². The zero-order valence-electron chi connectivity index (χ0n) is 18.0. The summed E-state index contributed by atoms with van der Waals surface area (Å²) >= 11 is 0. The lowest BCUT2D eigenvalue weighted by atomic mass is 10.1. The summed E-state index contributed by atoms with van der Waals surface area (Å²) in [5.74, 6) is -1.65. The van der Waals surface area contributed by atoms with Gasteiger partial charge in [0.15, 0.2) is 0 Å². The number of β-amino-alcohol motifs (C(OH)–C–C–N with tert-alkyl or cyclic N) is 1. The third kappa shape index (κ3) is 5.84. The number of alkyl halides is 3. The van der Waals surface area contributed by atoms with Gasteiger partial charge in [-0.15, -0.1) is 13.2 Å². The molecule has 3 heterocycles. The molecule has 0 aliphatic carbocycles. The summed E-state index contributed by atoms with van der Waals surface area (Å²) in [6.45, 7) is 0.270. The Morgan fingerprint density at radius 2 is 1.89 bits per heavy atom. The van der Waals surface area contributed by atoms with Crippen LogP contribution < -0.4 is 15.0 Å². The highest BCUT2D eigenvalue weighted by Crippen LogP contribution is 2.33. The van der Waals surface area contributed by atoms with Crippen molar-refractivity contribution in [2.75, 3.05) is 29.9 Å². The first-order chi connectivity index (χ1) is 16.6. The number of hydrogen-bond acceptors (Lipinski definition) is 7. The lowest BCUT2D eigenvalue weighted by Gasteiger charge is -2.21. The van der Waals surface area contributed by atoms with Gasteiger partial charge in [0.25, 0.3) is 5.91 Å². The maximum Gasteiger partial charge on any atom is 0.573 e. The Kier molecular flexibility index (Phi) is 6.85. The first-order valence-corrected chi connectivity index (χ1v) is 10.4. The molecule has 2 atom stereocenters. The number of aliphatic hydroxyl groups excluding tert-OH is 2. The van der Waals surface area contributed by atoms with E-state index in [-0.39, 0.29) is 30.3 Å². The number of carbonyl (C=O) groups is 1. The fourth-order valence-electron chi connectivity index (χ4n) is 3.76. The van der Waals surface area contributed by atoms with E-state index in [1.807, 2.05) is 0 Å². The predicted octanol–water partition coefficient (Wildman–Crippen LogP) is 3.22. The van der Waals surface area contributed by atoms with E-state index in [0.29, 0.717) is 23.5 Å². The molecule has 184 valence electrons. The second kappa shape index (κ2) is 9.84.